The van der Waals surface area contributed by atoms with E-state index < -0.39 is 60.8 Å². The van der Waals surface area contributed by atoms with Crippen LogP contribution in [0.3, 0.4) is 0 Å². The van der Waals surface area contributed by atoms with Gasteiger partial charge in [0.1, 0.15) is 24.6 Å². The van der Waals surface area contributed by atoms with E-state index in [4.69, 9.17) is 27.9 Å². The average molecular weight is 702 g/mol. The summed E-state index contributed by atoms with van der Waals surface area (Å²) >= 11 is 12.9. The van der Waals surface area contributed by atoms with Gasteiger partial charge in [0, 0.05) is 32.8 Å². The predicted molar refractivity (Wildman–Crippen MR) is 150 cm³/mol. The van der Waals surface area contributed by atoms with Crippen LogP contribution in [0.15, 0.2) is 30.3 Å². The predicted octanol–water partition coefficient (Wildman–Crippen LogP) is 6.24. The number of hydrogen-bond acceptors (Lipinski definition) is 6. The van der Waals surface area contributed by atoms with Crippen molar-refractivity contribution in [1.82, 2.24) is 30.0 Å². The maximum Gasteiger partial charge on any atom is 0.435 e. The monoisotopic (exact) mass is 701 g/mol. The zero-order valence-electron chi connectivity index (χ0n) is 23.4. The molecule has 10 nitrogen and oxygen atoms in total. The minimum atomic E-state index is -4.76. The van der Waals surface area contributed by atoms with Crippen molar-refractivity contribution in [3.05, 3.63) is 62.9 Å². The lowest BCUT2D eigenvalue weighted by Gasteiger charge is -2.14. The SMILES string of the molecule is Cn1nc(C(F)(F)F)cc1C(=O)NCc1ccc(Cl)c(Nc2nc3cc(C(=O)NCC(F)(F)F)c(OCC(F)F)cc3n2C)c1Cl. The first-order valence-electron chi connectivity index (χ1n) is 12.8. The number of imidazole rings is 1. The Morgan fingerprint density at radius 3 is 2.30 bits per heavy atom. The Balaban J connectivity index is 1.61. The molecule has 0 spiro atoms. The molecule has 0 aliphatic rings. The number of halogens is 10. The van der Waals surface area contributed by atoms with Crippen LogP contribution in [0.1, 0.15) is 32.1 Å². The lowest BCUT2D eigenvalue weighted by atomic mass is 10.1. The molecule has 0 saturated carbocycles. The van der Waals surface area contributed by atoms with Crippen LogP contribution in [0.25, 0.3) is 11.0 Å². The van der Waals surface area contributed by atoms with E-state index in [0.29, 0.717) is 6.07 Å². The van der Waals surface area contributed by atoms with Crippen LogP contribution in [0.2, 0.25) is 10.0 Å². The van der Waals surface area contributed by atoms with Crippen LogP contribution in [0, 0.1) is 0 Å². The number of carbonyl (C=O) groups excluding carboxylic acids is 2. The summed E-state index contributed by atoms with van der Waals surface area (Å²) in [5.41, 5.74) is -1.47. The Kier molecular flexibility index (Phi) is 9.91. The number of ether oxygens (including phenoxy) is 1. The van der Waals surface area contributed by atoms with E-state index in [1.807, 2.05) is 0 Å². The quantitative estimate of drug-likeness (QED) is 0.169. The standard InChI is InChI=1S/C26H21Cl2F8N7O3/c1-42-15-6-17(46-9-19(29)30)12(22(44)38-10-25(31,32)33)5-14(15)39-24(42)40-21-13(27)4-3-11(20(21)28)8-37-23(45)16-7-18(26(34,35)36)41-43(16)2/h3-7,19H,8-10H2,1-2H3,(H,37,45)(H,38,44)(H,39,40). The van der Waals surface area contributed by atoms with Gasteiger partial charge in [0.2, 0.25) is 5.95 Å². The number of aryl methyl sites for hydroxylation is 2. The van der Waals surface area contributed by atoms with Crippen LogP contribution < -0.4 is 20.7 Å². The van der Waals surface area contributed by atoms with Gasteiger partial charge in [0.05, 0.1) is 32.3 Å². The van der Waals surface area contributed by atoms with Crippen molar-refractivity contribution in [3.8, 4) is 5.75 Å². The molecule has 0 fully saturated rings. The summed E-state index contributed by atoms with van der Waals surface area (Å²) in [4.78, 5) is 29.4. The van der Waals surface area contributed by atoms with Crippen molar-refractivity contribution in [2.45, 2.75) is 25.3 Å². The minimum absolute atomic E-state index is 0.0194. The van der Waals surface area contributed by atoms with Crippen molar-refractivity contribution in [2.24, 2.45) is 14.1 Å². The van der Waals surface area contributed by atoms with E-state index in [-0.39, 0.29) is 50.5 Å². The fourth-order valence-corrected chi connectivity index (χ4v) is 4.63. The number of nitrogens with zero attached hydrogens (tertiary/aromatic N) is 4. The summed E-state index contributed by atoms with van der Waals surface area (Å²) in [6, 6.07) is 5.66. The molecular formula is C26H21Cl2F8N7O3. The molecule has 2 aromatic carbocycles. The Morgan fingerprint density at radius 2 is 1.70 bits per heavy atom. The molecule has 2 aromatic heterocycles. The summed E-state index contributed by atoms with van der Waals surface area (Å²) in [6.45, 7) is -3.08. The molecule has 4 rings (SSSR count). The minimum Gasteiger partial charge on any atom is -0.487 e. The van der Waals surface area contributed by atoms with Gasteiger partial charge in [-0.1, -0.05) is 29.3 Å². The van der Waals surface area contributed by atoms with Crippen molar-refractivity contribution in [2.75, 3.05) is 18.5 Å². The number of anilines is 2. The third-order valence-electron chi connectivity index (χ3n) is 6.29. The van der Waals surface area contributed by atoms with E-state index in [9.17, 15) is 44.7 Å². The van der Waals surface area contributed by atoms with Crippen molar-refractivity contribution in [1.29, 1.82) is 0 Å². The number of aromatic nitrogens is 4. The molecule has 0 unspecified atom stereocenters. The van der Waals surface area contributed by atoms with Crippen molar-refractivity contribution >= 4 is 57.7 Å². The van der Waals surface area contributed by atoms with Crippen LogP contribution in [-0.2, 0) is 26.8 Å². The van der Waals surface area contributed by atoms with E-state index in [0.717, 1.165) is 16.8 Å². The van der Waals surface area contributed by atoms with Crippen LogP contribution in [-0.4, -0.2) is 56.9 Å². The highest BCUT2D eigenvalue weighted by Gasteiger charge is 2.35. The maximum atomic E-state index is 13.0. The van der Waals surface area contributed by atoms with E-state index in [2.05, 4.69) is 20.7 Å². The van der Waals surface area contributed by atoms with Gasteiger partial charge < -0.3 is 25.3 Å². The second-order valence-corrected chi connectivity index (χ2v) is 10.4. The normalized spacial score (nSPS) is 12.1. The second kappa shape index (κ2) is 13.2. The highest BCUT2D eigenvalue weighted by atomic mass is 35.5. The smallest absolute Gasteiger partial charge is 0.435 e. The van der Waals surface area contributed by atoms with Gasteiger partial charge in [0.15, 0.2) is 5.69 Å². The number of carbonyl (C=O) groups is 2. The van der Waals surface area contributed by atoms with E-state index in [1.165, 1.54) is 30.8 Å². The highest BCUT2D eigenvalue weighted by Crippen LogP contribution is 2.37. The topological polar surface area (TPSA) is 115 Å². The van der Waals surface area contributed by atoms with Gasteiger partial charge in [-0.2, -0.15) is 31.4 Å². The molecule has 0 saturated heterocycles. The molecule has 46 heavy (non-hydrogen) atoms. The summed E-state index contributed by atoms with van der Waals surface area (Å²) in [6.07, 6.45) is -12.4. The Bertz CT molecular complexity index is 1790. The molecule has 248 valence electrons. The number of amides is 2. The molecule has 0 bridgehead atoms. The van der Waals surface area contributed by atoms with E-state index in [1.54, 1.807) is 5.32 Å². The third kappa shape index (κ3) is 7.90. The molecule has 20 heteroatoms. The van der Waals surface area contributed by atoms with Gasteiger partial charge in [-0.3, -0.25) is 14.3 Å². The zero-order chi connectivity index (χ0) is 34.1. The molecule has 0 aliphatic heterocycles. The van der Waals surface area contributed by atoms with Crippen molar-refractivity contribution < 1.29 is 49.4 Å². The number of hydrogen-bond donors (Lipinski definition) is 3. The molecule has 4 aromatic rings. The first-order valence-corrected chi connectivity index (χ1v) is 13.5. The molecule has 0 atom stereocenters. The largest absolute Gasteiger partial charge is 0.487 e. The van der Waals surface area contributed by atoms with Crippen LogP contribution in [0.5, 0.6) is 5.75 Å². The van der Waals surface area contributed by atoms with E-state index >= 15 is 0 Å². The summed E-state index contributed by atoms with van der Waals surface area (Å²) < 4.78 is 110. The fourth-order valence-electron chi connectivity index (χ4n) is 4.10. The molecular weight excluding hydrogens is 681 g/mol. The summed E-state index contributed by atoms with van der Waals surface area (Å²) in [5.74, 6) is -2.51. The highest BCUT2D eigenvalue weighted by molar-refractivity contribution is 6.39. The maximum absolute atomic E-state index is 13.0. The third-order valence-corrected chi connectivity index (χ3v) is 7.04. The van der Waals surface area contributed by atoms with Crippen molar-refractivity contribution in [3.63, 3.8) is 0 Å². The Morgan fingerprint density at radius 1 is 1.00 bits per heavy atom. The first-order chi connectivity index (χ1) is 21.4. The molecule has 0 aliphatic carbocycles. The number of nitrogens with one attached hydrogen (secondary N) is 3. The van der Waals surface area contributed by atoms with Gasteiger partial charge in [0.25, 0.3) is 18.2 Å². The summed E-state index contributed by atoms with van der Waals surface area (Å²) in [7, 11) is 2.65. The average Bonchev–Trinajstić information content (AvgIpc) is 3.50. The van der Waals surface area contributed by atoms with Gasteiger partial charge in [-0.15, -0.1) is 0 Å². The zero-order valence-corrected chi connectivity index (χ0v) is 24.9. The lowest BCUT2D eigenvalue weighted by Crippen LogP contribution is -2.34. The number of fused-ring (bicyclic) bond motifs is 1. The van der Waals surface area contributed by atoms with Gasteiger partial charge in [-0.05, 0) is 17.7 Å². The van der Waals surface area contributed by atoms with Gasteiger partial charge in [-0.25, -0.2) is 13.8 Å². The molecule has 3 N–H and O–H groups in total. The molecule has 2 amide bonds. The fraction of sp³-hybridized carbons (Fsp3) is 0.308. The number of alkyl halides is 8. The van der Waals surface area contributed by atoms with Crippen LogP contribution in [0.4, 0.5) is 46.8 Å². The first kappa shape index (κ1) is 34.6. The Hall–Kier alpha value is -4.32. The second-order valence-electron chi connectivity index (χ2n) is 9.57. The van der Waals surface area contributed by atoms with Gasteiger partial charge >= 0.3 is 12.4 Å². The number of rotatable bonds is 10. The molecule has 0 radical (unpaired) electrons. The van der Waals surface area contributed by atoms with Crippen LogP contribution >= 0.6 is 23.2 Å². The number of benzene rings is 2. The Labute approximate surface area is 263 Å². The lowest BCUT2D eigenvalue weighted by molar-refractivity contribution is -0.141. The summed E-state index contributed by atoms with van der Waals surface area (Å²) in [5, 5.41) is 10.3. The molecule has 2 heterocycles.